The van der Waals surface area contributed by atoms with Crippen molar-refractivity contribution in [3.05, 3.63) is 11.8 Å². The van der Waals surface area contributed by atoms with Crippen molar-refractivity contribution in [1.82, 2.24) is 28.6 Å². The molecule has 0 aliphatic carbocycles. The summed E-state index contributed by atoms with van der Waals surface area (Å²) in [7, 11) is -3.47. The first-order valence-electron chi connectivity index (χ1n) is 10.9. The summed E-state index contributed by atoms with van der Waals surface area (Å²) in [5.41, 5.74) is 1.67. The Morgan fingerprint density at radius 3 is 2.61 bits per heavy atom. The molecule has 1 aliphatic rings. The third-order valence-electron chi connectivity index (χ3n) is 5.50. The summed E-state index contributed by atoms with van der Waals surface area (Å²) in [6.07, 6.45) is 2.59. The predicted molar refractivity (Wildman–Crippen MR) is 120 cm³/mol. The van der Waals surface area contributed by atoms with Gasteiger partial charge in [-0.1, -0.05) is 27.7 Å². The lowest BCUT2D eigenvalue weighted by atomic mass is 10.1. The number of hydrogen-bond donors (Lipinski definition) is 4. The van der Waals surface area contributed by atoms with E-state index in [0.717, 1.165) is 5.56 Å². The van der Waals surface area contributed by atoms with Gasteiger partial charge in [0.05, 0.1) is 18.3 Å². The number of aliphatic hydroxyl groups excluding tert-OH is 1. The van der Waals surface area contributed by atoms with Crippen LogP contribution in [0.5, 0.6) is 0 Å². The third kappa shape index (κ3) is 5.25. The van der Waals surface area contributed by atoms with Crippen LogP contribution in [0.25, 0.3) is 5.65 Å². The molecule has 0 unspecified atom stereocenters. The van der Waals surface area contributed by atoms with Gasteiger partial charge in [0.2, 0.25) is 11.9 Å². The molecule has 0 aromatic carbocycles. The van der Waals surface area contributed by atoms with Gasteiger partial charge in [0.1, 0.15) is 0 Å². The van der Waals surface area contributed by atoms with Crippen molar-refractivity contribution in [2.75, 3.05) is 30.3 Å². The summed E-state index contributed by atoms with van der Waals surface area (Å²) in [6, 6.07) is -0.294. The maximum absolute atomic E-state index is 12.3. The molecule has 1 fully saturated rings. The van der Waals surface area contributed by atoms with E-state index in [1.165, 1.54) is 4.31 Å². The van der Waals surface area contributed by atoms with Crippen LogP contribution in [0.15, 0.2) is 6.20 Å². The largest absolute Gasteiger partial charge is 0.391 e. The summed E-state index contributed by atoms with van der Waals surface area (Å²) in [4.78, 5) is 9.25. The van der Waals surface area contributed by atoms with E-state index in [0.29, 0.717) is 50.0 Å². The maximum Gasteiger partial charge on any atom is 0.279 e. The molecule has 4 N–H and O–H groups in total. The van der Waals surface area contributed by atoms with Crippen molar-refractivity contribution in [1.29, 1.82) is 0 Å². The molecule has 0 saturated carbocycles. The van der Waals surface area contributed by atoms with E-state index in [-0.39, 0.29) is 18.0 Å². The normalized spacial score (nSPS) is 19.8. The van der Waals surface area contributed by atoms with Gasteiger partial charge in [0.15, 0.2) is 5.65 Å². The Labute approximate surface area is 183 Å². The fraction of sp³-hybridized carbons (Fsp3) is 0.737. The minimum atomic E-state index is -3.47. The molecule has 3 atom stereocenters. The van der Waals surface area contributed by atoms with E-state index in [1.54, 1.807) is 24.6 Å². The van der Waals surface area contributed by atoms with E-state index < -0.39 is 16.3 Å². The number of aliphatic hydroxyl groups is 1. The minimum absolute atomic E-state index is 0.107. The third-order valence-corrected chi connectivity index (χ3v) is 7.17. The fourth-order valence-electron chi connectivity index (χ4n) is 3.71. The van der Waals surface area contributed by atoms with E-state index in [9.17, 15) is 13.5 Å². The molecule has 11 nitrogen and oxygen atoms in total. The van der Waals surface area contributed by atoms with Gasteiger partial charge in [0, 0.05) is 31.2 Å². The Hall–Kier alpha value is -2.02. The van der Waals surface area contributed by atoms with Crippen LogP contribution in [0.3, 0.4) is 0 Å². The number of anilines is 2. The van der Waals surface area contributed by atoms with Crippen molar-refractivity contribution in [3.8, 4) is 0 Å². The zero-order valence-corrected chi connectivity index (χ0v) is 19.6. The molecular weight excluding hydrogens is 420 g/mol. The lowest BCUT2D eigenvalue weighted by Crippen LogP contribution is -2.40. The van der Waals surface area contributed by atoms with Crippen LogP contribution < -0.4 is 15.4 Å². The molecule has 0 spiro atoms. The standard InChI is InChI=1S/C19H34N8O3S/c1-6-16(13(5)28)23-18-24-17-15(12(3)4)10-20-27(17)19(25-18)22-14-8-9-26(11-14)31(29,30)21-7-2/h10,12-14,16,21,28H,6-9,11H2,1-5H3,(H2,22,23,24,25)/t13-,14+,16+/m1/s1. The number of rotatable bonds is 10. The molecule has 0 amide bonds. The van der Waals surface area contributed by atoms with Gasteiger partial charge in [-0.05, 0) is 25.7 Å². The van der Waals surface area contributed by atoms with Crippen molar-refractivity contribution in [2.24, 2.45) is 0 Å². The zero-order valence-electron chi connectivity index (χ0n) is 18.8. The van der Waals surface area contributed by atoms with Crippen LogP contribution in [0, 0.1) is 0 Å². The van der Waals surface area contributed by atoms with E-state index in [2.05, 4.69) is 44.3 Å². The van der Waals surface area contributed by atoms with Gasteiger partial charge in [-0.25, -0.2) is 4.72 Å². The van der Waals surface area contributed by atoms with Gasteiger partial charge in [-0.2, -0.15) is 32.3 Å². The molecule has 2 aromatic heterocycles. The maximum atomic E-state index is 12.3. The Morgan fingerprint density at radius 2 is 2.00 bits per heavy atom. The molecule has 1 aliphatic heterocycles. The predicted octanol–water partition coefficient (Wildman–Crippen LogP) is 1.16. The topological polar surface area (TPSA) is 137 Å². The van der Waals surface area contributed by atoms with E-state index in [1.807, 2.05) is 6.92 Å². The summed E-state index contributed by atoms with van der Waals surface area (Å²) in [5.74, 6) is 1.12. The molecule has 2 aromatic rings. The molecular formula is C19H34N8O3S. The quantitative estimate of drug-likeness (QED) is 0.420. The summed E-state index contributed by atoms with van der Waals surface area (Å²) >= 11 is 0. The first-order chi connectivity index (χ1) is 14.7. The van der Waals surface area contributed by atoms with Crippen LogP contribution in [0.4, 0.5) is 11.9 Å². The van der Waals surface area contributed by atoms with Crippen LogP contribution in [-0.2, 0) is 10.2 Å². The lowest BCUT2D eigenvalue weighted by Gasteiger charge is -2.21. The number of aromatic nitrogens is 4. The van der Waals surface area contributed by atoms with Gasteiger partial charge >= 0.3 is 0 Å². The summed E-state index contributed by atoms with van der Waals surface area (Å²) < 4.78 is 30.2. The van der Waals surface area contributed by atoms with E-state index in [4.69, 9.17) is 0 Å². The van der Waals surface area contributed by atoms with Crippen molar-refractivity contribution in [2.45, 2.75) is 71.6 Å². The first kappa shape index (κ1) is 23.6. The monoisotopic (exact) mass is 454 g/mol. The van der Waals surface area contributed by atoms with Crippen LogP contribution in [0.1, 0.15) is 58.9 Å². The van der Waals surface area contributed by atoms with Gasteiger partial charge < -0.3 is 15.7 Å². The van der Waals surface area contributed by atoms with E-state index >= 15 is 0 Å². The SMILES string of the molecule is CCNS(=O)(=O)N1CC[C@H](Nc2nc(N[C@@H](CC)[C@@H](C)O)nc3c(C(C)C)cnn23)C1. The Kier molecular flexibility index (Phi) is 7.35. The van der Waals surface area contributed by atoms with Crippen molar-refractivity contribution in [3.63, 3.8) is 0 Å². The highest BCUT2D eigenvalue weighted by Crippen LogP contribution is 2.24. The summed E-state index contributed by atoms with van der Waals surface area (Å²) in [5, 5.41) is 21.1. The van der Waals surface area contributed by atoms with Gasteiger partial charge in [-0.3, -0.25) is 0 Å². The highest BCUT2D eigenvalue weighted by molar-refractivity contribution is 7.87. The van der Waals surface area contributed by atoms with Crippen molar-refractivity contribution >= 4 is 27.8 Å². The average Bonchev–Trinajstić information content (AvgIpc) is 3.33. The first-order valence-corrected chi connectivity index (χ1v) is 12.3. The highest BCUT2D eigenvalue weighted by atomic mass is 32.2. The molecule has 0 radical (unpaired) electrons. The van der Waals surface area contributed by atoms with Crippen LogP contribution in [0.2, 0.25) is 0 Å². The number of hydrogen-bond acceptors (Lipinski definition) is 8. The molecule has 0 bridgehead atoms. The van der Waals surface area contributed by atoms with Crippen molar-refractivity contribution < 1.29 is 13.5 Å². The Morgan fingerprint density at radius 1 is 1.26 bits per heavy atom. The molecule has 12 heteroatoms. The van der Waals surface area contributed by atoms with Gasteiger partial charge in [-0.15, -0.1) is 0 Å². The number of nitrogens with one attached hydrogen (secondary N) is 3. The number of fused-ring (bicyclic) bond motifs is 1. The highest BCUT2D eigenvalue weighted by Gasteiger charge is 2.31. The zero-order chi connectivity index (χ0) is 22.8. The second-order valence-corrected chi connectivity index (χ2v) is 10.0. The Balaban J connectivity index is 1.90. The smallest absolute Gasteiger partial charge is 0.279 e. The molecule has 31 heavy (non-hydrogen) atoms. The molecule has 3 heterocycles. The van der Waals surface area contributed by atoms with Gasteiger partial charge in [0.25, 0.3) is 10.2 Å². The average molecular weight is 455 g/mol. The van der Waals surface area contributed by atoms with Crippen LogP contribution in [-0.4, -0.2) is 75.2 Å². The molecule has 1 saturated heterocycles. The fourth-order valence-corrected chi connectivity index (χ4v) is 4.98. The molecule has 174 valence electrons. The molecule has 3 rings (SSSR count). The van der Waals surface area contributed by atoms with Crippen LogP contribution >= 0.6 is 0 Å². The summed E-state index contributed by atoms with van der Waals surface area (Å²) in [6.45, 7) is 10.8. The minimum Gasteiger partial charge on any atom is -0.391 e. The number of nitrogens with zero attached hydrogens (tertiary/aromatic N) is 5. The second-order valence-electron chi connectivity index (χ2n) is 8.25. The lowest BCUT2D eigenvalue weighted by molar-refractivity contribution is 0.169. The Bertz CT molecular complexity index is 991. The second kappa shape index (κ2) is 9.63.